The number of amides is 2. The molecule has 1 N–H and O–H groups in total. The van der Waals surface area contributed by atoms with Gasteiger partial charge >= 0.3 is 0 Å². The SMILES string of the molecule is O=C(c1ccc2nc[nH]c2c1)N1CCCN(C(=O)C2CC2)CC1. The van der Waals surface area contributed by atoms with Crippen LogP contribution in [-0.4, -0.2) is 57.8 Å². The molecule has 2 fully saturated rings. The molecular weight excluding hydrogens is 292 g/mol. The van der Waals surface area contributed by atoms with E-state index < -0.39 is 0 Å². The van der Waals surface area contributed by atoms with Crippen molar-refractivity contribution in [3.05, 3.63) is 30.1 Å². The molecule has 2 aliphatic rings. The molecule has 1 aliphatic heterocycles. The Balaban J connectivity index is 1.46. The Bertz CT molecular complexity index is 750. The molecule has 23 heavy (non-hydrogen) atoms. The third-order valence-electron chi connectivity index (χ3n) is 4.69. The lowest BCUT2D eigenvalue weighted by Gasteiger charge is -2.22. The standard InChI is InChI=1S/C17H20N4O2/c22-16(12-2-3-12)20-6-1-7-21(9-8-20)17(23)13-4-5-14-15(10-13)19-11-18-14/h4-5,10-12H,1-3,6-9H2,(H,18,19). The number of carbonyl (C=O) groups is 2. The Kier molecular flexibility index (Phi) is 3.52. The zero-order valence-electron chi connectivity index (χ0n) is 13.0. The number of aromatic amines is 1. The van der Waals surface area contributed by atoms with Gasteiger partial charge in [-0.05, 0) is 37.5 Å². The van der Waals surface area contributed by atoms with Gasteiger partial charge in [0.15, 0.2) is 0 Å². The van der Waals surface area contributed by atoms with Gasteiger partial charge in [0.25, 0.3) is 5.91 Å². The van der Waals surface area contributed by atoms with E-state index in [9.17, 15) is 9.59 Å². The van der Waals surface area contributed by atoms with Crippen molar-refractivity contribution < 1.29 is 9.59 Å². The highest BCUT2D eigenvalue weighted by Gasteiger charge is 2.34. The third-order valence-corrected chi connectivity index (χ3v) is 4.69. The van der Waals surface area contributed by atoms with Crippen molar-refractivity contribution in [1.82, 2.24) is 19.8 Å². The highest BCUT2D eigenvalue weighted by molar-refractivity contribution is 5.97. The molecule has 2 heterocycles. The molecule has 6 heteroatoms. The number of hydrogen-bond acceptors (Lipinski definition) is 3. The van der Waals surface area contributed by atoms with Crippen LogP contribution in [0.4, 0.5) is 0 Å². The van der Waals surface area contributed by atoms with Crippen LogP contribution < -0.4 is 0 Å². The number of imidazole rings is 1. The summed E-state index contributed by atoms with van der Waals surface area (Å²) in [5, 5.41) is 0. The van der Waals surface area contributed by atoms with Gasteiger partial charge in [-0.1, -0.05) is 0 Å². The van der Waals surface area contributed by atoms with Crippen LogP contribution in [0.1, 0.15) is 29.6 Å². The minimum atomic E-state index is 0.0298. The van der Waals surface area contributed by atoms with Crippen molar-refractivity contribution in [1.29, 1.82) is 0 Å². The second-order valence-electron chi connectivity index (χ2n) is 6.38. The zero-order chi connectivity index (χ0) is 15.8. The molecule has 1 saturated carbocycles. The highest BCUT2D eigenvalue weighted by atomic mass is 16.2. The topological polar surface area (TPSA) is 69.3 Å². The van der Waals surface area contributed by atoms with E-state index in [2.05, 4.69) is 9.97 Å². The van der Waals surface area contributed by atoms with Crippen molar-refractivity contribution in [3.63, 3.8) is 0 Å². The van der Waals surface area contributed by atoms with E-state index in [0.717, 1.165) is 36.8 Å². The summed E-state index contributed by atoms with van der Waals surface area (Å²) in [6.45, 7) is 2.72. The molecule has 120 valence electrons. The van der Waals surface area contributed by atoms with E-state index in [1.807, 2.05) is 28.0 Å². The molecule has 1 saturated heterocycles. The Morgan fingerprint density at radius 3 is 2.70 bits per heavy atom. The summed E-state index contributed by atoms with van der Waals surface area (Å²) in [4.78, 5) is 35.9. The lowest BCUT2D eigenvalue weighted by atomic mass is 10.1. The first-order chi connectivity index (χ1) is 11.2. The quantitative estimate of drug-likeness (QED) is 0.916. The Morgan fingerprint density at radius 1 is 1.09 bits per heavy atom. The maximum atomic E-state index is 12.7. The van der Waals surface area contributed by atoms with Crippen molar-refractivity contribution in [2.75, 3.05) is 26.2 Å². The molecule has 0 unspecified atom stereocenters. The van der Waals surface area contributed by atoms with Gasteiger partial charge in [-0.15, -0.1) is 0 Å². The largest absolute Gasteiger partial charge is 0.345 e. The number of rotatable bonds is 2. The second-order valence-corrected chi connectivity index (χ2v) is 6.38. The predicted octanol–water partition coefficient (Wildman–Crippen LogP) is 1.65. The van der Waals surface area contributed by atoms with Crippen molar-refractivity contribution in [3.8, 4) is 0 Å². The molecule has 1 aromatic carbocycles. The van der Waals surface area contributed by atoms with Crippen molar-refractivity contribution >= 4 is 22.8 Å². The molecular formula is C17H20N4O2. The summed E-state index contributed by atoms with van der Waals surface area (Å²) in [5.74, 6) is 0.556. The summed E-state index contributed by atoms with van der Waals surface area (Å²) in [6.07, 6.45) is 4.53. The summed E-state index contributed by atoms with van der Waals surface area (Å²) < 4.78 is 0. The monoisotopic (exact) mass is 312 g/mol. The van der Waals surface area contributed by atoms with Gasteiger partial charge in [0, 0.05) is 37.7 Å². The average molecular weight is 312 g/mol. The summed E-state index contributed by atoms with van der Waals surface area (Å²) in [7, 11) is 0. The van der Waals surface area contributed by atoms with Gasteiger partial charge in [0.05, 0.1) is 17.4 Å². The molecule has 1 aliphatic carbocycles. The van der Waals surface area contributed by atoms with Crippen LogP contribution in [-0.2, 0) is 4.79 Å². The lowest BCUT2D eigenvalue weighted by molar-refractivity contribution is -0.132. The number of benzene rings is 1. The molecule has 0 radical (unpaired) electrons. The molecule has 0 bridgehead atoms. The first kappa shape index (κ1) is 14.2. The molecule has 0 spiro atoms. The van der Waals surface area contributed by atoms with Crippen LogP contribution >= 0.6 is 0 Å². The molecule has 2 aromatic rings. The van der Waals surface area contributed by atoms with E-state index in [4.69, 9.17) is 0 Å². The highest BCUT2D eigenvalue weighted by Crippen LogP contribution is 2.31. The van der Waals surface area contributed by atoms with E-state index >= 15 is 0 Å². The molecule has 2 amide bonds. The molecule has 4 rings (SSSR count). The second kappa shape index (κ2) is 5.68. The minimum Gasteiger partial charge on any atom is -0.345 e. The van der Waals surface area contributed by atoms with Crippen LogP contribution in [0.2, 0.25) is 0 Å². The summed E-state index contributed by atoms with van der Waals surface area (Å²) >= 11 is 0. The van der Waals surface area contributed by atoms with Crippen molar-refractivity contribution in [2.24, 2.45) is 5.92 Å². The van der Waals surface area contributed by atoms with E-state index in [1.54, 1.807) is 6.33 Å². The Hall–Kier alpha value is -2.37. The summed E-state index contributed by atoms with van der Waals surface area (Å²) in [6, 6.07) is 5.53. The maximum absolute atomic E-state index is 12.7. The fraction of sp³-hybridized carbons (Fsp3) is 0.471. The van der Waals surface area contributed by atoms with Gasteiger partial charge in [-0.25, -0.2) is 4.98 Å². The minimum absolute atomic E-state index is 0.0298. The number of fused-ring (bicyclic) bond motifs is 1. The number of nitrogens with one attached hydrogen (secondary N) is 1. The van der Waals surface area contributed by atoms with Gasteiger partial charge in [0.2, 0.25) is 5.91 Å². The van der Waals surface area contributed by atoms with Crippen LogP contribution in [0.3, 0.4) is 0 Å². The first-order valence-corrected chi connectivity index (χ1v) is 8.23. The molecule has 6 nitrogen and oxygen atoms in total. The number of carbonyl (C=O) groups excluding carboxylic acids is 2. The van der Waals surface area contributed by atoms with Gasteiger partial charge in [-0.2, -0.15) is 0 Å². The smallest absolute Gasteiger partial charge is 0.253 e. The normalized spacial score (nSPS) is 19.0. The fourth-order valence-corrected chi connectivity index (χ4v) is 3.18. The van der Waals surface area contributed by atoms with Crippen LogP contribution in [0.5, 0.6) is 0 Å². The Labute approximate surface area is 134 Å². The summed E-state index contributed by atoms with van der Waals surface area (Å²) in [5.41, 5.74) is 2.40. The first-order valence-electron chi connectivity index (χ1n) is 8.23. The van der Waals surface area contributed by atoms with Crippen LogP contribution in [0.15, 0.2) is 24.5 Å². The van der Waals surface area contributed by atoms with Gasteiger partial charge in [0.1, 0.15) is 0 Å². The maximum Gasteiger partial charge on any atom is 0.253 e. The third kappa shape index (κ3) is 2.81. The number of hydrogen-bond donors (Lipinski definition) is 1. The van der Waals surface area contributed by atoms with E-state index in [-0.39, 0.29) is 17.7 Å². The Morgan fingerprint density at radius 2 is 1.87 bits per heavy atom. The number of aromatic nitrogens is 2. The lowest BCUT2D eigenvalue weighted by Crippen LogP contribution is -2.37. The fourth-order valence-electron chi connectivity index (χ4n) is 3.18. The van der Waals surface area contributed by atoms with Gasteiger partial charge < -0.3 is 14.8 Å². The molecule has 1 aromatic heterocycles. The van der Waals surface area contributed by atoms with E-state index in [0.29, 0.717) is 25.2 Å². The number of H-pyrrole nitrogens is 1. The zero-order valence-corrected chi connectivity index (χ0v) is 13.0. The van der Waals surface area contributed by atoms with Gasteiger partial charge in [-0.3, -0.25) is 9.59 Å². The molecule has 0 atom stereocenters. The average Bonchev–Trinajstić information content (AvgIpc) is 3.35. The van der Waals surface area contributed by atoms with Crippen LogP contribution in [0.25, 0.3) is 11.0 Å². The number of nitrogens with zero attached hydrogens (tertiary/aromatic N) is 3. The predicted molar refractivity (Wildman–Crippen MR) is 85.9 cm³/mol. The van der Waals surface area contributed by atoms with Crippen LogP contribution in [0, 0.1) is 5.92 Å². The van der Waals surface area contributed by atoms with Crippen molar-refractivity contribution in [2.45, 2.75) is 19.3 Å². The van der Waals surface area contributed by atoms with E-state index in [1.165, 1.54) is 0 Å².